The van der Waals surface area contributed by atoms with Gasteiger partial charge < -0.3 is 15.1 Å². The Labute approximate surface area is 162 Å². The molecule has 0 saturated carbocycles. The first-order chi connectivity index (χ1) is 13.0. The minimum atomic E-state index is -0.189. The van der Waals surface area contributed by atoms with Gasteiger partial charge in [0, 0.05) is 64.5 Å². The lowest BCUT2D eigenvalue weighted by Crippen LogP contribution is -2.48. The van der Waals surface area contributed by atoms with Crippen molar-refractivity contribution in [2.75, 3.05) is 57.3 Å². The lowest BCUT2D eigenvalue weighted by atomic mass is 10.1. The Balaban J connectivity index is 1.35. The quantitative estimate of drug-likeness (QED) is 0.787. The number of nitrogens with zero attached hydrogens (tertiary/aromatic N) is 3. The fourth-order valence-corrected chi connectivity index (χ4v) is 3.92. The van der Waals surface area contributed by atoms with Crippen molar-refractivity contribution in [3.8, 4) is 0 Å². The summed E-state index contributed by atoms with van der Waals surface area (Å²) in [7, 11) is 0. The highest BCUT2D eigenvalue weighted by molar-refractivity contribution is 5.89. The van der Waals surface area contributed by atoms with Crippen molar-refractivity contribution >= 4 is 17.5 Å². The Morgan fingerprint density at radius 3 is 2.52 bits per heavy atom. The summed E-state index contributed by atoms with van der Waals surface area (Å²) in [5.74, 6) is 0.384. The van der Waals surface area contributed by atoms with Crippen molar-refractivity contribution in [1.29, 1.82) is 0 Å². The van der Waals surface area contributed by atoms with Crippen LogP contribution in [0.3, 0.4) is 0 Å². The third kappa shape index (κ3) is 5.45. The molecule has 6 nitrogen and oxygen atoms in total. The maximum atomic E-state index is 12.4. The number of benzene rings is 1. The highest BCUT2D eigenvalue weighted by Crippen LogP contribution is 2.19. The molecule has 1 aromatic rings. The van der Waals surface area contributed by atoms with E-state index in [-0.39, 0.29) is 17.7 Å². The van der Waals surface area contributed by atoms with Crippen LogP contribution in [0.4, 0.5) is 5.69 Å². The molecule has 0 aliphatic carbocycles. The summed E-state index contributed by atoms with van der Waals surface area (Å²) in [4.78, 5) is 31.0. The molecule has 27 heavy (non-hydrogen) atoms. The van der Waals surface area contributed by atoms with Crippen molar-refractivity contribution in [2.45, 2.75) is 20.3 Å². The monoisotopic (exact) mass is 372 g/mol. The van der Waals surface area contributed by atoms with Crippen LogP contribution in [-0.4, -0.2) is 74.0 Å². The SMILES string of the molecule is CC(C)CN1C[C@@H](C(=O)NCCN2CCN(c3ccccc3)CC2)CC1=O. The molecule has 1 N–H and O–H groups in total. The van der Waals surface area contributed by atoms with E-state index in [2.05, 4.69) is 53.2 Å². The Kier molecular flexibility index (Phi) is 6.72. The van der Waals surface area contributed by atoms with Gasteiger partial charge in [-0.2, -0.15) is 0 Å². The van der Waals surface area contributed by atoms with Crippen LogP contribution in [-0.2, 0) is 9.59 Å². The third-order valence-corrected chi connectivity index (χ3v) is 5.39. The molecule has 1 atom stereocenters. The number of hydrogen-bond acceptors (Lipinski definition) is 4. The molecule has 2 aliphatic heterocycles. The molecule has 2 aliphatic rings. The van der Waals surface area contributed by atoms with Crippen LogP contribution in [0, 0.1) is 11.8 Å². The van der Waals surface area contributed by atoms with E-state index in [9.17, 15) is 9.59 Å². The van der Waals surface area contributed by atoms with Crippen LogP contribution in [0.2, 0.25) is 0 Å². The van der Waals surface area contributed by atoms with Gasteiger partial charge in [0.2, 0.25) is 11.8 Å². The summed E-state index contributed by atoms with van der Waals surface area (Å²) < 4.78 is 0. The van der Waals surface area contributed by atoms with E-state index in [1.807, 2.05) is 11.0 Å². The second-order valence-corrected chi connectivity index (χ2v) is 8.05. The molecular weight excluding hydrogens is 340 g/mol. The van der Waals surface area contributed by atoms with Gasteiger partial charge in [0.1, 0.15) is 0 Å². The number of nitrogens with one attached hydrogen (secondary N) is 1. The number of carbonyl (C=O) groups is 2. The number of amides is 2. The molecule has 3 rings (SSSR count). The number of hydrogen-bond donors (Lipinski definition) is 1. The zero-order valence-corrected chi connectivity index (χ0v) is 16.6. The summed E-state index contributed by atoms with van der Waals surface area (Å²) in [6.45, 7) is 11.1. The van der Waals surface area contributed by atoms with Gasteiger partial charge in [0.15, 0.2) is 0 Å². The second kappa shape index (κ2) is 9.22. The average Bonchev–Trinajstić information content (AvgIpc) is 3.03. The number of piperazine rings is 1. The van der Waals surface area contributed by atoms with E-state index >= 15 is 0 Å². The number of carbonyl (C=O) groups excluding carboxylic acids is 2. The number of likely N-dealkylation sites (tertiary alicyclic amines) is 1. The summed E-state index contributed by atoms with van der Waals surface area (Å²) in [5.41, 5.74) is 1.28. The predicted octanol–water partition coefficient (Wildman–Crippen LogP) is 1.43. The van der Waals surface area contributed by atoms with Gasteiger partial charge in [-0.15, -0.1) is 0 Å². The van der Waals surface area contributed by atoms with E-state index in [1.54, 1.807) is 0 Å². The molecule has 2 fully saturated rings. The van der Waals surface area contributed by atoms with E-state index < -0.39 is 0 Å². The molecule has 1 aromatic carbocycles. The van der Waals surface area contributed by atoms with Crippen molar-refractivity contribution in [3.05, 3.63) is 30.3 Å². The van der Waals surface area contributed by atoms with E-state index in [1.165, 1.54) is 5.69 Å². The van der Waals surface area contributed by atoms with Crippen LogP contribution in [0.1, 0.15) is 20.3 Å². The van der Waals surface area contributed by atoms with Gasteiger partial charge in [-0.3, -0.25) is 14.5 Å². The highest BCUT2D eigenvalue weighted by Gasteiger charge is 2.34. The average molecular weight is 373 g/mol. The Morgan fingerprint density at radius 2 is 1.85 bits per heavy atom. The maximum Gasteiger partial charge on any atom is 0.225 e. The third-order valence-electron chi connectivity index (χ3n) is 5.39. The van der Waals surface area contributed by atoms with Crippen LogP contribution in [0.15, 0.2) is 30.3 Å². The number of rotatable bonds is 7. The molecular formula is C21H32N4O2. The van der Waals surface area contributed by atoms with Gasteiger partial charge in [-0.25, -0.2) is 0 Å². The predicted molar refractivity (Wildman–Crippen MR) is 108 cm³/mol. The summed E-state index contributed by atoms with van der Waals surface area (Å²) in [6, 6.07) is 10.5. The smallest absolute Gasteiger partial charge is 0.225 e. The van der Waals surface area contributed by atoms with Crippen molar-refractivity contribution < 1.29 is 9.59 Å². The molecule has 0 bridgehead atoms. The molecule has 148 valence electrons. The van der Waals surface area contributed by atoms with Crippen LogP contribution in [0.5, 0.6) is 0 Å². The standard InChI is InChI=1S/C21H32N4O2/c1-17(2)15-25-16-18(14-20(25)26)21(27)22-8-9-23-10-12-24(13-11-23)19-6-4-3-5-7-19/h3-7,17-18H,8-16H2,1-2H3,(H,22,27)/t18-/m0/s1. The summed E-state index contributed by atoms with van der Waals surface area (Å²) in [6.07, 6.45) is 0.355. The molecule has 0 unspecified atom stereocenters. The van der Waals surface area contributed by atoms with E-state index in [4.69, 9.17) is 0 Å². The summed E-state index contributed by atoms with van der Waals surface area (Å²) in [5, 5.41) is 3.04. The van der Waals surface area contributed by atoms with Gasteiger partial charge in [-0.1, -0.05) is 32.0 Å². The highest BCUT2D eigenvalue weighted by atomic mass is 16.2. The fraction of sp³-hybridized carbons (Fsp3) is 0.619. The van der Waals surface area contributed by atoms with Crippen LogP contribution in [0.25, 0.3) is 0 Å². The number of para-hydroxylation sites is 1. The maximum absolute atomic E-state index is 12.4. The first kappa shape index (κ1) is 19.7. The Hall–Kier alpha value is -2.08. The lowest BCUT2D eigenvalue weighted by molar-refractivity contribution is -0.129. The van der Waals surface area contributed by atoms with Gasteiger partial charge in [0.25, 0.3) is 0 Å². The van der Waals surface area contributed by atoms with Crippen molar-refractivity contribution in [3.63, 3.8) is 0 Å². The first-order valence-corrected chi connectivity index (χ1v) is 10.1. The van der Waals surface area contributed by atoms with Crippen molar-refractivity contribution in [2.24, 2.45) is 11.8 Å². The van der Waals surface area contributed by atoms with Crippen LogP contribution >= 0.6 is 0 Å². The molecule has 0 spiro atoms. The molecule has 0 radical (unpaired) electrons. The molecule has 2 amide bonds. The van der Waals surface area contributed by atoms with E-state index in [0.29, 0.717) is 25.4 Å². The largest absolute Gasteiger partial charge is 0.369 e. The minimum absolute atomic E-state index is 0.0255. The fourth-order valence-electron chi connectivity index (χ4n) is 3.92. The molecule has 6 heteroatoms. The zero-order valence-electron chi connectivity index (χ0n) is 16.6. The number of anilines is 1. The first-order valence-electron chi connectivity index (χ1n) is 10.1. The van der Waals surface area contributed by atoms with Gasteiger partial charge in [0.05, 0.1) is 5.92 Å². The summed E-state index contributed by atoms with van der Waals surface area (Å²) >= 11 is 0. The second-order valence-electron chi connectivity index (χ2n) is 8.05. The molecule has 2 heterocycles. The minimum Gasteiger partial charge on any atom is -0.369 e. The van der Waals surface area contributed by atoms with E-state index in [0.717, 1.165) is 39.3 Å². The topological polar surface area (TPSA) is 55.9 Å². The Bertz CT molecular complexity index is 626. The van der Waals surface area contributed by atoms with Crippen molar-refractivity contribution in [1.82, 2.24) is 15.1 Å². The van der Waals surface area contributed by atoms with Crippen LogP contribution < -0.4 is 10.2 Å². The lowest BCUT2D eigenvalue weighted by Gasteiger charge is -2.36. The normalized spacial score (nSPS) is 21.1. The van der Waals surface area contributed by atoms with Gasteiger partial charge in [-0.05, 0) is 18.1 Å². The Morgan fingerprint density at radius 1 is 1.15 bits per heavy atom. The molecule has 0 aromatic heterocycles. The zero-order chi connectivity index (χ0) is 19.2. The van der Waals surface area contributed by atoms with Gasteiger partial charge >= 0.3 is 0 Å². The molecule has 2 saturated heterocycles.